The number of esters is 1. The summed E-state index contributed by atoms with van der Waals surface area (Å²) in [6.07, 6.45) is 1.06. The number of nitrogens with one attached hydrogen (secondary N) is 2. The highest BCUT2D eigenvalue weighted by Crippen LogP contribution is 2.16. The topological polar surface area (TPSA) is 118 Å². The van der Waals surface area contributed by atoms with Gasteiger partial charge in [-0.05, 0) is 6.42 Å². The Bertz CT molecular complexity index is 503. The van der Waals surface area contributed by atoms with Gasteiger partial charge in [-0.2, -0.15) is 0 Å². The fourth-order valence-electron chi connectivity index (χ4n) is 1.39. The molecule has 0 radical (unpaired) electrons. The predicted molar refractivity (Wildman–Crippen MR) is 76.3 cm³/mol. The zero-order valence-electron chi connectivity index (χ0n) is 11.5. The van der Waals surface area contributed by atoms with Gasteiger partial charge in [0.1, 0.15) is 0 Å². The van der Waals surface area contributed by atoms with Gasteiger partial charge >= 0.3 is 18.0 Å². The van der Waals surface area contributed by atoms with E-state index in [9.17, 15) is 14.4 Å². The van der Waals surface area contributed by atoms with Crippen LogP contribution in [0.3, 0.4) is 0 Å². The SMILES string of the molecule is COC(=O)CCc1csc(NC(=O)NCCCC(=O)O)n1. The first-order valence-corrected chi connectivity index (χ1v) is 7.17. The van der Waals surface area contributed by atoms with Crippen molar-refractivity contribution in [2.75, 3.05) is 19.0 Å². The molecule has 1 aromatic rings. The maximum atomic E-state index is 11.5. The molecular weight excluding hydrogens is 298 g/mol. The van der Waals surface area contributed by atoms with Crippen LogP contribution in [0.5, 0.6) is 0 Å². The van der Waals surface area contributed by atoms with Crippen molar-refractivity contribution in [1.82, 2.24) is 10.3 Å². The fraction of sp³-hybridized carbons (Fsp3) is 0.500. The Kier molecular flexibility index (Phi) is 7.16. The summed E-state index contributed by atoms with van der Waals surface area (Å²) in [4.78, 5) is 37.0. The molecule has 0 spiro atoms. The molecule has 3 N–H and O–H groups in total. The Labute approximate surface area is 125 Å². The largest absolute Gasteiger partial charge is 0.481 e. The molecule has 0 atom stereocenters. The summed E-state index contributed by atoms with van der Waals surface area (Å²) in [5.74, 6) is -1.21. The highest BCUT2D eigenvalue weighted by molar-refractivity contribution is 7.13. The van der Waals surface area contributed by atoms with Crippen molar-refractivity contribution in [3.05, 3.63) is 11.1 Å². The van der Waals surface area contributed by atoms with Crippen molar-refractivity contribution in [3.8, 4) is 0 Å². The minimum atomic E-state index is -0.896. The van der Waals surface area contributed by atoms with Crippen LogP contribution >= 0.6 is 11.3 Å². The van der Waals surface area contributed by atoms with Crippen LogP contribution in [0, 0.1) is 0 Å². The quantitative estimate of drug-likeness (QED) is 0.490. The first-order chi connectivity index (χ1) is 10.0. The zero-order chi connectivity index (χ0) is 15.7. The van der Waals surface area contributed by atoms with E-state index in [1.807, 2.05) is 0 Å². The Morgan fingerprint density at radius 3 is 2.81 bits per heavy atom. The normalized spacial score (nSPS) is 9.95. The van der Waals surface area contributed by atoms with Crippen molar-refractivity contribution >= 4 is 34.4 Å². The molecule has 8 nitrogen and oxygen atoms in total. The molecule has 0 aliphatic heterocycles. The third-order valence-electron chi connectivity index (χ3n) is 2.44. The zero-order valence-corrected chi connectivity index (χ0v) is 12.4. The van der Waals surface area contributed by atoms with Crippen molar-refractivity contribution in [3.63, 3.8) is 0 Å². The monoisotopic (exact) mass is 315 g/mol. The number of amides is 2. The molecular formula is C12H17N3O5S. The lowest BCUT2D eigenvalue weighted by atomic mass is 10.2. The van der Waals surface area contributed by atoms with Gasteiger partial charge in [-0.1, -0.05) is 0 Å². The predicted octanol–water partition coefficient (Wildman–Crippen LogP) is 1.23. The van der Waals surface area contributed by atoms with Crippen LogP contribution in [0.2, 0.25) is 0 Å². The van der Waals surface area contributed by atoms with Crippen molar-refractivity contribution in [2.24, 2.45) is 0 Å². The van der Waals surface area contributed by atoms with Gasteiger partial charge in [-0.15, -0.1) is 11.3 Å². The van der Waals surface area contributed by atoms with Gasteiger partial charge in [0.05, 0.1) is 19.2 Å². The second-order valence-corrected chi connectivity index (χ2v) is 4.96. The fourth-order valence-corrected chi connectivity index (χ4v) is 2.13. The number of thiazole rings is 1. The average molecular weight is 315 g/mol. The van der Waals surface area contributed by atoms with Gasteiger partial charge in [0, 0.05) is 24.8 Å². The number of aryl methyl sites for hydroxylation is 1. The van der Waals surface area contributed by atoms with Crippen molar-refractivity contribution < 1.29 is 24.2 Å². The Hall–Kier alpha value is -2.16. The molecule has 0 saturated heterocycles. The van der Waals surface area contributed by atoms with Gasteiger partial charge in [0.25, 0.3) is 0 Å². The van der Waals surface area contributed by atoms with E-state index in [0.717, 1.165) is 0 Å². The van der Waals surface area contributed by atoms with Crippen molar-refractivity contribution in [2.45, 2.75) is 25.7 Å². The second kappa shape index (κ2) is 8.90. The number of hydrogen-bond acceptors (Lipinski definition) is 6. The number of nitrogens with zero attached hydrogens (tertiary/aromatic N) is 1. The van der Waals surface area contributed by atoms with E-state index >= 15 is 0 Å². The van der Waals surface area contributed by atoms with Gasteiger partial charge in [-0.25, -0.2) is 9.78 Å². The number of methoxy groups -OCH3 is 1. The summed E-state index contributed by atoms with van der Waals surface area (Å²) in [6, 6.07) is -0.436. The Balaban J connectivity index is 2.28. The summed E-state index contributed by atoms with van der Waals surface area (Å²) in [5, 5.41) is 15.7. The lowest BCUT2D eigenvalue weighted by Gasteiger charge is -2.03. The molecule has 1 rings (SSSR count). The molecule has 1 heterocycles. The molecule has 0 saturated carbocycles. The molecule has 21 heavy (non-hydrogen) atoms. The molecule has 0 bridgehead atoms. The summed E-state index contributed by atoms with van der Waals surface area (Å²) in [7, 11) is 1.32. The van der Waals surface area contributed by atoms with Crippen LogP contribution in [0.4, 0.5) is 9.93 Å². The average Bonchev–Trinajstić information content (AvgIpc) is 2.88. The molecule has 0 aliphatic rings. The third-order valence-corrected chi connectivity index (χ3v) is 3.24. The van der Waals surface area contributed by atoms with Crippen LogP contribution in [-0.2, 0) is 20.7 Å². The molecule has 0 unspecified atom stereocenters. The van der Waals surface area contributed by atoms with E-state index in [1.165, 1.54) is 18.4 Å². The number of anilines is 1. The third kappa shape index (κ3) is 7.25. The van der Waals surface area contributed by atoms with Crippen LogP contribution in [0.1, 0.15) is 25.0 Å². The minimum Gasteiger partial charge on any atom is -0.481 e. The number of aromatic nitrogens is 1. The van der Waals surface area contributed by atoms with Crippen LogP contribution in [-0.4, -0.2) is 41.7 Å². The number of hydrogen-bond donors (Lipinski definition) is 3. The number of carbonyl (C=O) groups excluding carboxylic acids is 2. The summed E-state index contributed by atoms with van der Waals surface area (Å²) in [6.45, 7) is 0.276. The van der Waals surface area contributed by atoms with E-state index in [2.05, 4.69) is 20.4 Å². The number of ether oxygens (including phenoxy) is 1. The number of urea groups is 1. The lowest BCUT2D eigenvalue weighted by molar-refractivity contribution is -0.140. The van der Waals surface area contributed by atoms with E-state index in [4.69, 9.17) is 5.11 Å². The number of aliphatic carboxylic acids is 1. The number of carboxylic acids is 1. The van der Waals surface area contributed by atoms with Gasteiger partial charge in [0.15, 0.2) is 5.13 Å². The highest BCUT2D eigenvalue weighted by atomic mass is 32.1. The summed E-state index contributed by atoms with van der Waals surface area (Å²) in [5.41, 5.74) is 0.701. The molecule has 9 heteroatoms. The molecule has 0 aliphatic carbocycles. The molecule has 116 valence electrons. The standard InChI is InChI=1S/C12H17N3O5S/c1-20-10(18)5-4-8-7-21-12(14-8)15-11(19)13-6-2-3-9(16)17/h7H,2-6H2,1H3,(H,16,17)(H2,13,14,15,19). The Morgan fingerprint density at radius 1 is 1.38 bits per heavy atom. The van der Waals surface area contributed by atoms with Gasteiger partial charge < -0.3 is 15.2 Å². The number of carbonyl (C=O) groups is 3. The van der Waals surface area contributed by atoms with E-state index in [-0.39, 0.29) is 25.4 Å². The van der Waals surface area contributed by atoms with E-state index in [0.29, 0.717) is 23.7 Å². The molecule has 0 fully saturated rings. The number of carboxylic acid groups (broad SMARTS) is 1. The van der Waals surface area contributed by atoms with Crippen molar-refractivity contribution in [1.29, 1.82) is 0 Å². The summed E-state index contributed by atoms with van der Waals surface area (Å²) < 4.78 is 4.53. The molecule has 1 aromatic heterocycles. The highest BCUT2D eigenvalue weighted by Gasteiger charge is 2.08. The van der Waals surface area contributed by atoms with Crippen LogP contribution in [0.25, 0.3) is 0 Å². The van der Waals surface area contributed by atoms with Gasteiger partial charge in [-0.3, -0.25) is 14.9 Å². The maximum absolute atomic E-state index is 11.5. The van der Waals surface area contributed by atoms with E-state index in [1.54, 1.807) is 5.38 Å². The second-order valence-electron chi connectivity index (χ2n) is 4.10. The number of rotatable bonds is 8. The summed E-state index contributed by atoms with van der Waals surface area (Å²) >= 11 is 1.25. The molecule has 0 aromatic carbocycles. The lowest BCUT2D eigenvalue weighted by Crippen LogP contribution is -2.29. The molecule has 2 amide bonds. The van der Waals surface area contributed by atoms with Crippen LogP contribution in [0.15, 0.2) is 5.38 Å². The minimum absolute atomic E-state index is 0.00914. The maximum Gasteiger partial charge on any atom is 0.321 e. The smallest absolute Gasteiger partial charge is 0.321 e. The van der Waals surface area contributed by atoms with Crippen LogP contribution < -0.4 is 10.6 Å². The Morgan fingerprint density at radius 2 is 2.14 bits per heavy atom. The first-order valence-electron chi connectivity index (χ1n) is 6.29. The van der Waals surface area contributed by atoms with Gasteiger partial charge in [0.2, 0.25) is 0 Å². The first kappa shape index (κ1) is 16.9. The van der Waals surface area contributed by atoms with E-state index < -0.39 is 12.0 Å².